The molecule has 1 aliphatic heterocycles. The maximum absolute atomic E-state index is 12.1. The molecule has 0 saturated heterocycles. The standard InChI is InChI=1S/C23H34O5/c1-21-7-5-15(24)10-14(21)3-4-17-18(21)11-19(25)22(2)16(6-8-23(17,22)27)13-9-20(26)28-12-13/h9,14-19,24-25,27H,3-8,10-12H2,1-2H3/t14-,15-,16+,17+,18+,19+,21-,22+,23+/m1/s1. The van der Waals surface area contributed by atoms with Crippen LogP contribution in [0.3, 0.4) is 0 Å². The van der Waals surface area contributed by atoms with E-state index in [4.69, 9.17) is 4.74 Å². The number of cyclic esters (lactones) is 1. The molecule has 0 unspecified atom stereocenters. The van der Waals surface area contributed by atoms with Crippen molar-refractivity contribution in [2.45, 2.75) is 83.0 Å². The highest BCUT2D eigenvalue weighted by atomic mass is 16.5. The maximum Gasteiger partial charge on any atom is 0.331 e. The Bertz CT molecular complexity index is 718. The second-order valence-corrected chi connectivity index (χ2v) is 10.8. The number of hydrogen-bond acceptors (Lipinski definition) is 5. The zero-order valence-electron chi connectivity index (χ0n) is 17.1. The lowest BCUT2D eigenvalue weighted by molar-refractivity contribution is -0.244. The molecule has 0 radical (unpaired) electrons. The van der Waals surface area contributed by atoms with E-state index >= 15 is 0 Å². The molecule has 0 aromatic carbocycles. The van der Waals surface area contributed by atoms with Crippen LogP contribution in [0.5, 0.6) is 0 Å². The second kappa shape index (κ2) is 6.05. The van der Waals surface area contributed by atoms with Crippen LogP contribution in [0, 0.1) is 34.5 Å². The van der Waals surface area contributed by atoms with Crippen LogP contribution >= 0.6 is 0 Å². The molecule has 5 heteroatoms. The summed E-state index contributed by atoms with van der Waals surface area (Å²) < 4.78 is 5.16. The number of ether oxygens (including phenoxy) is 1. The van der Waals surface area contributed by atoms with E-state index < -0.39 is 17.1 Å². The molecular formula is C23H34O5. The van der Waals surface area contributed by atoms with Crippen molar-refractivity contribution in [1.29, 1.82) is 0 Å². The van der Waals surface area contributed by atoms with E-state index in [-0.39, 0.29) is 29.3 Å². The Balaban J connectivity index is 1.51. The first kappa shape index (κ1) is 19.1. The van der Waals surface area contributed by atoms with Gasteiger partial charge in [-0.25, -0.2) is 4.79 Å². The summed E-state index contributed by atoms with van der Waals surface area (Å²) in [5, 5.41) is 33.7. The van der Waals surface area contributed by atoms with Gasteiger partial charge in [-0.1, -0.05) is 13.8 Å². The zero-order chi connectivity index (χ0) is 19.9. The minimum atomic E-state index is -0.906. The van der Waals surface area contributed by atoms with Gasteiger partial charge in [0.2, 0.25) is 0 Å². The van der Waals surface area contributed by atoms with E-state index in [9.17, 15) is 20.1 Å². The minimum Gasteiger partial charge on any atom is -0.458 e. The molecule has 4 fully saturated rings. The smallest absolute Gasteiger partial charge is 0.331 e. The molecule has 4 saturated carbocycles. The summed E-state index contributed by atoms with van der Waals surface area (Å²) in [5.41, 5.74) is -0.507. The Kier molecular flexibility index (Phi) is 4.12. The van der Waals surface area contributed by atoms with E-state index in [1.54, 1.807) is 6.08 Å². The number of esters is 1. The number of aliphatic hydroxyl groups excluding tert-OH is 2. The highest BCUT2D eigenvalue weighted by Gasteiger charge is 2.70. The fraction of sp³-hybridized carbons (Fsp3) is 0.870. The summed E-state index contributed by atoms with van der Waals surface area (Å²) in [6, 6.07) is 0. The molecule has 3 N–H and O–H groups in total. The number of hydrogen-bond donors (Lipinski definition) is 3. The van der Waals surface area contributed by atoms with Crippen LogP contribution in [0.1, 0.15) is 65.2 Å². The highest BCUT2D eigenvalue weighted by molar-refractivity contribution is 5.85. The Morgan fingerprint density at radius 2 is 1.82 bits per heavy atom. The number of fused-ring (bicyclic) bond motifs is 5. The van der Waals surface area contributed by atoms with Crippen molar-refractivity contribution in [3.8, 4) is 0 Å². The number of rotatable bonds is 1. The van der Waals surface area contributed by atoms with Crippen LogP contribution in [-0.4, -0.2) is 45.7 Å². The van der Waals surface area contributed by atoms with Crippen molar-refractivity contribution in [3.05, 3.63) is 11.6 Å². The van der Waals surface area contributed by atoms with E-state index in [0.29, 0.717) is 31.3 Å². The Hall–Kier alpha value is -0.910. The van der Waals surface area contributed by atoms with Gasteiger partial charge in [0.1, 0.15) is 6.61 Å². The molecule has 9 atom stereocenters. The normalized spacial score (nSPS) is 55.8. The zero-order valence-corrected chi connectivity index (χ0v) is 17.1. The third kappa shape index (κ3) is 2.27. The lowest BCUT2D eigenvalue weighted by Crippen LogP contribution is -2.67. The van der Waals surface area contributed by atoms with Crippen LogP contribution < -0.4 is 0 Å². The van der Waals surface area contributed by atoms with Gasteiger partial charge in [-0.2, -0.15) is 0 Å². The van der Waals surface area contributed by atoms with Crippen LogP contribution in [0.4, 0.5) is 0 Å². The predicted molar refractivity (Wildman–Crippen MR) is 103 cm³/mol. The van der Waals surface area contributed by atoms with Crippen molar-refractivity contribution in [2.75, 3.05) is 6.61 Å². The highest BCUT2D eigenvalue weighted by Crippen LogP contribution is 2.69. The van der Waals surface area contributed by atoms with Gasteiger partial charge >= 0.3 is 5.97 Å². The van der Waals surface area contributed by atoms with E-state index in [0.717, 1.165) is 44.1 Å². The third-order valence-electron chi connectivity index (χ3n) is 10.0. The molecule has 0 aromatic rings. The van der Waals surface area contributed by atoms with Gasteiger partial charge in [-0.15, -0.1) is 0 Å². The SMILES string of the molecule is C[C@@]12CC[C@@H](O)C[C@H]1CC[C@H]1[C@@H]2C[C@H](O)[C@]2(C)[C@H](C3=CC(=O)OC3)CC[C@]12O. The van der Waals surface area contributed by atoms with Gasteiger partial charge in [0.25, 0.3) is 0 Å². The summed E-state index contributed by atoms with van der Waals surface area (Å²) in [5.74, 6) is 0.657. The summed E-state index contributed by atoms with van der Waals surface area (Å²) in [6.07, 6.45) is 7.69. The van der Waals surface area contributed by atoms with Crippen molar-refractivity contribution >= 4 is 5.97 Å². The molecule has 156 valence electrons. The summed E-state index contributed by atoms with van der Waals surface area (Å²) in [7, 11) is 0. The van der Waals surface area contributed by atoms with Gasteiger partial charge in [-0.05, 0) is 86.0 Å². The van der Waals surface area contributed by atoms with Crippen molar-refractivity contribution in [1.82, 2.24) is 0 Å². The first-order chi connectivity index (χ1) is 13.2. The first-order valence-corrected chi connectivity index (χ1v) is 11.2. The van der Waals surface area contributed by atoms with E-state index in [2.05, 4.69) is 6.92 Å². The van der Waals surface area contributed by atoms with Gasteiger partial charge in [0, 0.05) is 11.5 Å². The van der Waals surface area contributed by atoms with E-state index in [1.807, 2.05) is 6.92 Å². The first-order valence-electron chi connectivity index (χ1n) is 11.2. The summed E-state index contributed by atoms with van der Waals surface area (Å²) >= 11 is 0. The van der Waals surface area contributed by atoms with Crippen LogP contribution in [-0.2, 0) is 9.53 Å². The summed E-state index contributed by atoms with van der Waals surface area (Å²) in [6.45, 7) is 4.69. The Morgan fingerprint density at radius 3 is 2.54 bits per heavy atom. The van der Waals surface area contributed by atoms with Crippen molar-refractivity contribution < 1.29 is 24.9 Å². The van der Waals surface area contributed by atoms with Crippen molar-refractivity contribution in [2.24, 2.45) is 34.5 Å². The third-order valence-corrected chi connectivity index (χ3v) is 10.0. The Labute approximate surface area is 167 Å². The van der Waals surface area contributed by atoms with Crippen LogP contribution in [0.25, 0.3) is 0 Å². The van der Waals surface area contributed by atoms with Gasteiger partial charge in [0.15, 0.2) is 0 Å². The molecular weight excluding hydrogens is 356 g/mol. The predicted octanol–water partition coefficient (Wildman–Crippen LogP) is 2.58. The molecule has 5 aliphatic rings. The van der Waals surface area contributed by atoms with Gasteiger partial charge in [-0.3, -0.25) is 0 Å². The molecule has 28 heavy (non-hydrogen) atoms. The fourth-order valence-corrected chi connectivity index (χ4v) is 8.37. The molecule has 0 amide bonds. The number of carbonyl (C=O) groups is 1. The second-order valence-electron chi connectivity index (χ2n) is 10.8. The number of carbonyl (C=O) groups excluding carboxylic acids is 1. The Morgan fingerprint density at radius 1 is 1.04 bits per heavy atom. The van der Waals surface area contributed by atoms with Gasteiger partial charge in [0.05, 0.1) is 17.8 Å². The van der Waals surface area contributed by atoms with Gasteiger partial charge < -0.3 is 20.1 Å². The molecule has 0 aromatic heterocycles. The molecule has 0 bridgehead atoms. The summed E-state index contributed by atoms with van der Waals surface area (Å²) in [4.78, 5) is 11.6. The molecule has 0 spiro atoms. The topological polar surface area (TPSA) is 87.0 Å². The van der Waals surface area contributed by atoms with Crippen LogP contribution in [0.2, 0.25) is 0 Å². The fourth-order valence-electron chi connectivity index (χ4n) is 8.37. The van der Waals surface area contributed by atoms with E-state index in [1.165, 1.54) is 0 Å². The molecule has 5 rings (SSSR count). The van der Waals surface area contributed by atoms with Crippen molar-refractivity contribution in [3.63, 3.8) is 0 Å². The quantitative estimate of drug-likeness (QED) is 0.599. The average molecular weight is 391 g/mol. The van der Waals surface area contributed by atoms with Crippen LogP contribution in [0.15, 0.2) is 11.6 Å². The molecule has 4 aliphatic carbocycles. The largest absolute Gasteiger partial charge is 0.458 e. The lowest BCUT2D eigenvalue weighted by atomic mass is 9.42. The maximum atomic E-state index is 12.1. The lowest BCUT2D eigenvalue weighted by Gasteiger charge is -2.64. The average Bonchev–Trinajstić information content (AvgIpc) is 3.19. The number of aliphatic hydroxyl groups is 3. The monoisotopic (exact) mass is 390 g/mol. The molecule has 5 nitrogen and oxygen atoms in total. The molecule has 1 heterocycles. The minimum absolute atomic E-state index is 0.00129.